The maximum Gasteiger partial charge on any atom is 0.137 e. The first kappa shape index (κ1) is 20.1. The van der Waals surface area contributed by atoms with Gasteiger partial charge in [0.25, 0.3) is 0 Å². The molecule has 1 fully saturated rings. The molecule has 3 heterocycles. The molecule has 4 rings (SSSR count). The summed E-state index contributed by atoms with van der Waals surface area (Å²) in [6.45, 7) is 5.14. The molecule has 29 heavy (non-hydrogen) atoms. The van der Waals surface area contributed by atoms with Crippen molar-refractivity contribution in [3.8, 4) is 5.75 Å². The lowest BCUT2D eigenvalue weighted by Gasteiger charge is -2.35. The lowest BCUT2D eigenvalue weighted by molar-refractivity contribution is 0.0444. The fourth-order valence-corrected chi connectivity index (χ4v) is 3.69. The van der Waals surface area contributed by atoms with Crippen molar-refractivity contribution in [2.45, 2.75) is 12.6 Å². The number of aliphatic hydroxyl groups excluding tert-OH is 1. The molecule has 1 atom stereocenters. The summed E-state index contributed by atoms with van der Waals surface area (Å²) in [6, 6.07) is 9.58. The molecule has 6 nitrogen and oxygen atoms in total. The number of ether oxygens (including phenoxy) is 1. The number of halogens is 2. The second-order valence-corrected chi connectivity index (χ2v) is 7.78. The number of imidazole rings is 1. The zero-order valence-electron chi connectivity index (χ0n) is 16.0. The van der Waals surface area contributed by atoms with Crippen LogP contribution in [0.2, 0.25) is 5.02 Å². The zero-order valence-corrected chi connectivity index (χ0v) is 16.8. The Morgan fingerprint density at radius 3 is 2.52 bits per heavy atom. The van der Waals surface area contributed by atoms with Crippen LogP contribution in [-0.4, -0.2) is 69.7 Å². The van der Waals surface area contributed by atoms with Crippen LogP contribution in [0.4, 0.5) is 4.39 Å². The van der Waals surface area contributed by atoms with Gasteiger partial charge in [0.05, 0.1) is 10.7 Å². The predicted octanol–water partition coefficient (Wildman–Crippen LogP) is 2.68. The number of hydrogen-bond acceptors (Lipinski definition) is 5. The molecule has 154 valence electrons. The summed E-state index contributed by atoms with van der Waals surface area (Å²) >= 11 is 6.03. The molecule has 1 aromatic carbocycles. The number of rotatable bonds is 7. The molecule has 0 saturated carbocycles. The van der Waals surface area contributed by atoms with Gasteiger partial charge in [-0.25, -0.2) is 9.37 Å². The van der Waals surface area contributed by atoms with Crippen LogP contribution in [0.5, 0.6) is 5.75 Å². The second kappa shape index (κ2) is 9.09. The maximum atomic E-state index is 12.9. The highest BCUT2D eigenvalue weighted by Gasteiger charge is 2.20. The van der Waals surface area contributed by atoms with Crippen LogP contribution < -0.4 is 4.74 Å². The minimum Gasteiger partial charge on any atom is -0.491 e. The lowest BCUT2D eigenvalue weighted by atomic mass is 10.2. The highest BCUT2D eigenvalue weighted by molar-refractivity contribution is 6.30. The Kier molecular flexibility index (Phi) is 6.30. The van der Waals surface area contributed by atoms with Crippen LogP contribution in [0.3, 0.4) is 0 Å². The quantitative estimate of drug-likeness (QED) is 0.639. The van der Waals surface area contributed by atoms with E-state index in [0.29, 0.717) is 17.3 Å². The molecule has 1 unspecified atom stereocenters. The van der Waals surface area contributed by atoms with Gasteiger partial charge in [0.2, 0.25) is 0 Å². The van der Waals surface area contributed by atoms with Gasteiger partial charge in [0, 0.05) is 51.7 Å². The Bertz CT molecular complexity index is 942. The van der Waals surface area contributed by atoms with Crippen LogP contribution in [0.25, 0.3) is 5.65 Å². The number of pyridine rings is 1. The standard InChI is InChI=1S/C21H24ClFN4O2/c22-16-1-6-21-24-18(13-27(21)11-16)12-25-7-9-26(10-8-25)14-19(28)15-29-20-4-2-17(23)3-5-20/h1-6,11,13,19,28H,7-10,12,14-15H2. The summed E-state index contributed by atoms with van der Waals surface area (Å²) in [5.74, 6) is 0.257. The molecule has 0 amide bonds. The van der Waals surface area contributed by atoms with Crippen LogP contribution in [0.15, 0.2) is 48.8 Å². The van der Waals surface area contributed by atoms with Crippen LogP contribution in [0.1, 0.15) is 5.69 Å². The fraction of sp³-hybridized carbons (Fsp3) is 0.381. The molecule has 8 heteroatoms. The third-order valence-corrected chi connectivity index (χ3v) is 5.26. The minimum atomic E-state index is -0.588. The summed E-state index contributed by atoms with van der Waals surface area (Å²) in [6.07, 6.45) is 3.29. The Labute approximate surface area is 174 Å². The van der Waals surface area contributed by atoms with Crippen molar-refractivity contribution in [3.63, 3.8) is 0 Å². The first-order valence-electron chi connectivity index (χ1n) is 9.69. The van der Waals surface area contributed by atoms with Crippen molar-refractivity contribution in [2.75, 3.05) is 39.3 Å². The first-order chi connectivity index (χ1) is 14.0. The number of hydrogen-bond donors (Lipinski definition) is 1. The average Bonchev–Trinajstić information content (AvgIpc) is 3.10. The van der Waals surface area contributed by atoms with Crippen LogP contribution >= 0.6 is 11.6 Å². The van der Waals surface area contributed by atoms with Crippen molar-refractivity contribution in [1.29, 1.82) is 0 Å². The smallest absolute Gasteiger partial charge is 0.137 e. The summed E-state index contributed by atoms with van der Waals surface area (Å²) < 4.78 is 20.4. The fourth-order valence-electron chi connectivity index (χ4n) is 3.53. The molecule has 0 bridgehead atoms. The largest absolute Gasteiger partial charge is 0.491 e. The van der Waals surface area contributed by atoms with Gasteiger partial charge < -0.3 is 14.2 Å². The number of fused-ring (bicyclic) bond motifs is 1. The number of piperazine rings is 1. The Morgan fingerprint density at radius 1 is 1.03 bits per heavy atom. The summed E-state index contributed by atoms with van der Waals surface area (Å²) in [5, 5.41) is 10.9. The van der Waals surface area contributed by atoms with Crippen LogP contribution in [-0.2, 0) is 6.54 Å². The Hall–Kier alpha value is -2.19. The number of aliphatic hydroxyl groups is 1. The molecule has 1 aliphatic heterocycles. The molecule has 1 saturated heterocycles. The molecule has 0 aliphatic carbocycles. The van der Waals surface area contributed by atoms with E-state index < -0.39 is 6.10 Å². The molecule has 0 spiro atoms. The molecule has 1 N–H and O–H groups in total. The van der Waals surface area contributed by atoms with Gasteiger partial charge in [-0.2, -0.15) is 0 Å². The molecule has 0 radical (unpaired) electrons. The van der Waals surface area contributed by atoms with E-state index in [2.05, 4.69) is 14.8 Å². The highest BCUT2D eigenvalue weighted by Crippen LogP contribution is 2.15. The van der Waals surface area contributed by atoms with Gasteiger partial charge in [-0.15, -0.1) is 0 Å². The molecule has 2 aromatic heterocycles. The Morgan fingerprint density at radius 2 is 1.76 bits per heavy atom. The van der Waals surface area contributed by atoms with Gasteiger partial charge in [0.1, 0.15) is 29.9 Å². The van der Waals surface area contributed by atoms with Crippen LogP contribution in [0, 0.1) is 5.82 Å². The number of benzene rings is 1. The molecular weight excluding hydrogens is 395 g/mol. The van der Waals surface area contributed by atoms with E-state index in [0.717, 1.165) is 44.1 Å². The van der Waals surface area contributed by atoms with E-state index in [-0.39, 0.29) is 12.4 Å². The third-order valence-electron chi connectivity index (χ3n) is 5.04. The van der Waals surface area contributed by atoms with Gasteiger partial charge in [0.15, 0.2) is 0 Å². The van der Waals surface area contributed by atoms with E-state index in [9.17, 15) is 9.50 Å². The Balaban J connectivity index is 1.21. The van der Waals surface area contributed by atoms with E-state index in [1.165, 1.54) is 12.1 Å². The SMILES string of the molecule is OC(COc1ccc(F)cc1)CN1CCN(Cc2cn3cc(Cl)ccc3n2)CC1. The second-order valence-electron chi connectivity index (χ2n) is 7.34. The normalized spacial score (nSPS) is 16.9. The number of nitrogens with zero attached hydrogens (tertiary/aromatic N) is 4. The molecule has 3 aromatic rings. The summed E-state index contributed by atoms with van der Waals surface area (Å²) in [4.78, 5) is 9.24. The molecule has 1 aliphatic rings. The monoisotopic (exact) mass is 418 g/mol. The third kappa shape index (κ3) is 5.45. The van der Waals surface area contributed by atoms with Crippen molar-refractivity contribution in [1.82, 2.24) is 19.2 Å². The van der Waals surface area contributed by atoms with E-state index >= 15 is 0 Å². The predicted molar refractivity (Wildman–Crippen MR) is 110 cm³/mol. The van der Waals surface area contributed by atoms with Gasteiger partial charge in [-0.05, 0) is 36.4 Å². The van der Waals surface area contributed by atoms with Crippen molar-refractivity contribution >= 4 is 17.2 Å². The van der Waals surface area contributed by atoms with Crippen molar-refractivity contribution < 1.29 is 14.2 Å². The van der Waals surface area contributed by atoms with Crippen molar-refractivity contribution in [3.05, 3.63) is 65.3 Å². The van der Waals surface area contributed by atoms with Crippen molar-refractivity contribution in [2.24, 2.45) is 0 Å². The van der Waals surface area contributed by atoms with Gasteiger partial charge in [-0.1, -0.05) is 11.6 Å². The van der Waals surface area contributed by atoms with Gasteiger partial charge in [-0.3, -0.25) is 9.80 Å². The van der Waals surface area contributed by atoms with Gasteiger partial charge >= 0.3 is 0 Å². The van der Waals surface area contributed by atoms with E-state index in [4.69, 9.17) is 16.3 Å². The topological polar surface area (TPSA) is 53.2 Å². The summed E-state index contributed by atoms with van der Waals surface area (Å²) in [5.41, 5.74) is 1.92. The highest BCUT2D eigenvalue weighted by atomic mass is 35.5. The number of β-amino-alcohol motifs (C(OH)–C–C–N with tert-alkyl or cyclic N) is 1. The zero-order chi connectivity index (χ0) is 20.2. The molecular formula is C21H24ClFN4O2. The maximum absolute atomic E-state index is 12.9. The lowest BCUT2D eigenvalue weighted by Crippen LogP contribution is -2.48. The van der Waals surface area contributed by atoms with E-state index in [1.807, 2.05) is 28.9 Å². The first-order valence-corrected chi connectivity index (χ1v) is 10.1. The number of aromatic nitrogens is 2. The van der Waals surface area contributed by atoms with E-state index in [1.54, 1.807) is 12.1 Å². The minimum absolute atomic E-state index is 0.190. The summed E-state index contributed by atoms with van der Waals surface area (Å²) in [7, 11) is 0. The average molecular weight is 419 g/mol.